The van der Waals surface area contributed by atoms with Crippen LogP contribution in [0.4, 0.5) is 5.69 Å². The minimum absolute atomic E-state index is 0.288. The van der Waals surface area contributed by atoms with Crippen molar-refractivity contribution in [3.05, 3.63) is 48.5 Å². The zero-order valence-electron chi connectivity index (χ0n) is 14.7. The molecule has 0 aliphatic heterocycles. The van der Waals surface area contributed by atoms with Crippen LogP contribution in [-0.2, 0) is 14.3 Å². The van der Waals surface area contributed by atoms with E-state index < -0.39 is 18.5 Å². The molecule has 0 unspecified atom stereocenters. The van der Waals surface area contributed by atoms with Gasteiger partial charge in [-0.1, -0.05) is 0 Å². The maximum Gasteiger partial charge on any atom is 0.344 e. The van der Waals surface area contributed by atoms with Crippen LogP contribution < -0.4 is 19.5 Å². The molecule has 0 heterocycles. The highest BCUT2D eigenvalue weighted by Crippen LogP contribution is 2.17. The molecule has 0 saturated carbocycles. The van der Waals surface area contributed by atoms with E-state index >= 15 is 0 Å². The van der Waals surface area contributed by atoms with E-state index in [9.17, 15) is 9.59 Å². The summed E-state index contributed by atoms with van der Waals surface area (Å²) in [6.45, 7) is 1.79. The van der Waals surface area contributed by atoms with Crippen LogP contribution in [0.3, 0.4) is 0 Å². The van der Waals surface area contributed by atoms with E-state index in [4.69, 9.17) is 18.9 Å². The Balaban J connectivity index is 1.69. The number of amides is 1. The van der Waals surface area contributed by atoms with Gasteiger partial charge in [0.1, 0.15) is 17.2 Å². The zero-order valence-corrected chi connectivity index (χ0v) is 14.7. The number of ether oxygens (including phenoxy) is 4. The molecule has 2 aromatic rings. The molecule has 0 aliphatic rings. The Labute approximate surface area is 151 Å². The lowest BCUT2D eigenvalue weighted by atomic mass is 10.3. The third-order valence-corrected chi connectivity index (χ3v) is 3.23. The Morgan fingerprint density at radius 2 is 1.42 bits per heavy atom. The molecule has 0 saturated heterocycles. The molecule has 0 bridgehead atoms. The summed E-state index contributed by atoms with van der Waals surface area (Å²) in [5.41, 5.74) is 0.581. The number of carbonyl (C=O) groups is 2. The van der Waals surface area contributed by atoms with Crippen LogP contribution in [0.1, 0.15) is 6.92 Å². The van der Waals surface area contributed by atoms with Crippen molar-refractivity contribution in [2.24, 2.45) is 0 Å². The molecule has 7 heteroatoms. The van der Waals surface area contributed by atoms with Crippen molar-refractivity contribution in [1.82, 2.24) is 0 Å². The second-order valence-corrected chi connectivity index (χ2v) is 5.13. The molecule has 26 heavy (non-hydrogen) atoms. The van der Waals surface area contributed by atoms with Crippen molar-refractivity contribution < 1.29 is 28.5 Å². The summed E-state index contributed by atoms with van der Waals surface area (Å²) in [5.74, 6) is 0.833. The zero-order chi connectivity index (χ0) is 18.8. The summed E-state index contributed by atoms with van der Waals surface area (Å²) in [6, 6.07) is 13.7. The van der Waals surface area contributed by atoms with Crippen molar-refractivity contribution >= 4 is 17.6 Å². The number of benzene rings is 2. The van der Waals surface area contributed by atoms with E-state index in [0.29, 0.717) is 23.8 Å². The van der Waals surface area contributed by atoms with E-state index in [-0.39, 0.29) is 6.61 Å². The monoisotopic (exact) mass is 359 g/mol. The van der Waals surface area contributed by atoms with E-state index in [1.54, 1.807) is 55.6 Å². The van der Waals surface area contributed by atoms with Crippen LogP contribution in [0.25, 0.3) is 0 Å². The van der Waals surface area contributed by atoms with Gasteiger partial charge in [0.25, 0.3) is 5.91 Å². The van der Waals surface area contributed by atoms with Gasteiger partial charge < -0.3 is 24.3 Å². The van der Waals surface area contributed by atoms with Gasteiger partial charge in [0.05, 0.1) is 13.7 Å². The standard InChI is InChI=1S/C19H21NO6/c1-3-24-16-8-10-17(11-9-16)25-13-19(22)26-12-18(21)20-14-4-6-15(23-2)7-5-14/h4-11H,3,12-13H2,1-2H3,(H,20,21). The minimum atomic E-state index is -0.635. The molecule has 2 rings (SSSR count). The van der Waals surface area contributed by atoms with Gasteiger partial charge in [-0.15, -0.1) is 0 Å². The van der Waals surface area contributed by atoms with Crippen molar-refractivity contribution in [3.8, 4) is 17.2 Å². The number of anilines is 1. The van der Waals surface area contributed by atoms with Crippen LogP contribution in [0.15, 0.2) is 48.5 Å². The average molecular weight is 359 g/mol. The molecule has 0 spiro atoms. The van der Waals surface area contributed by atoms with Gasteiger partial charge in [0, 0.05) is 5.69 Å². The average Bonchev–Trinajstić information content (AvgIpc) is 2.66. The summed E-state index contributed by atoms with van der Waals surface area (Å²) in [5, 5.41) is 2.61. The Morgan fingerprint density at radius 1 is 0.846 bits per heavy atom. The highest BCUT2D eigenvalue weighted by atomic mass is 16.6. The number of carbonyl (C=O) groups excluding carboxylic acids is 2. The molecule has 1 amide bonds. The van der Waals surface area contributed by atoms with Gasteiger partial charge in [-0.3, -0.25) is 4.79 Å². The first-order valence-corrected chi connectivity index (χ1v) is 8.06. The molecule has 0 aliphatic carbocycles. The Kier molecular flexibility index (Phi) is 7.30. The van der Waals surface area contributed by atoms with Crippen LogP contribution in [0, 0.1) is 0 Å². The molecule has 0 aromatic heterocycles. The van der Waals surface area contributed by atoms with Crippen LogP contribution in [-0.4, -0.2) is 38.8 Å². The Bertz CT molecular complexity index is 712. The summed E-state index contributed by atoms with van der Waals surface area (Å²) in [6.07, 6.45) is 0. The first-order valence-electron chi connectivity index (χ1n) is 8.06. The van der Waals surface area contributed by atoms with Gasteiger partial charge in [-0.2, -0.15) is 0 Å². The highest BCUT2D eigenvalue weighted by Gasteiger charge is 2.09. The first-order chi connectivity index (χ1) is 12.6. The van der Waals surface area contributed by atoms with E-state index in [1.807, 2.05) is 6.92 Å². The smallest absolute Gasteiger partial charge is 0.344 e. The van der Waals surface area contributed by atoms with E-state index in [1.165, 1.54) is 0 Å². The van der Waals surface area contributed by atoms with Gasteiger partial charge in [-0.05, 0) is 55.5 Å². The van der Waals surface area contributed by atoms with Gasteiger partial charge in [0.2, 0.25) is 0 Å². The molecular weight excluding hydrogens is 338 g/mol. The lowest BCUT2D eigenvalue weighted by Crippen LogP contribution is -2.23. The molecule has 7 nitrogen and oxygen atoms in total. The second-order valence-electron chi connectivity index (χ2n) is 5.13. The van der Waals surface area contributed by atoms with Crippen molar-refractivity contribution in [3.63, 3.8) is 0 Å². The number of hydrogen-bond donors (Lipinski definition) is 1. The topological polar surface area (TPSA) is 83.1 Å². The summed E-state index contributed by atoms with van der Waals surface area (Å²) in [7, 11) is 1.56. The summed E-state index contributed by atoms with van der Waals surface area (Å²) < 4.78 is 20.5. The number of methoxy groups -OCH3 is 1. The third kappa shape index (κ3) is 6.35. The predicted molar refractivity (Wildman–Crippen MR) is 95.7 cm³/mol. The number of esters is 1. The van der Waals surface area contributed by atoms with Gasteiger partial charge >= 0.3 is 5.97 Å². The summed E-state index contributed by atoms with van der Waals surface area (Å²) >= 11 is 0. The van der Waals surface area contributed by atoms with Crippen LogP contribution in [0.2, 0.25) is 0 Å². The molecule has 138 valence electrons. The van der Waals surface area contributed by atoms with Gasteiger partial charge in [-0.25, -0.2) is 4.79 Å². The Hall–Kier alpha value is -3.22. The lowest BCUT2D eigenvalue weighted by molar-refractivity contribution is -0.149. The number of rotatable bonds is 9. The third-order valence-electron chi connectivity index (χ3n) is 3.23. The molecule has 0 atom stereocenters. The van der Waals surface area contributed by atoms with Gasteiger partial charge in [0.15, 0.2) is 13.2 Å². The van der Waals surface area contributed by atoms with Crippen molar-refractivity contribution in [2.75, 3.05) is 32.2 Å². The largest absolute Gasteiger partial charge is 0.497 e. The summed E-state index contributed by atoms with van der Waals surface area (Å²) in [4.78, 5) is 23.4. The van der Waals surface area contributed by atoms with Crippen LogP contribution >= 0.6 is 0 Å². The molecule has 0 radical (unpaired) electrons. The molecular formula is C19H21NO6. The quantitative estimate of drug-likeness (QED) is 0.693. The fraction of sp³-hybridized carbons (Fsp3) is 0.263. The fourth-order valence-corrected chi connectivity index (χ4v) is 2.00. The molecule has 1 N–H and O–H groups in total. The Morgan fingerprint density at radius 3 is 2.00 bits per heavy atom. The number of nitrogens with one attached hydrogen (secondary N) is 1. The fourth-order valence-electron chi connectivity index (χ4n) is 2.00. The number of hydrogen-bond acceptors (Lipinski definition) is 6. The predicted octanol–water partition coefficient (Wildman–Crippen LogP) is 2.65. The molecule has 2 aromatic carbocycles. The minimum Gasteiger partial charge on any atom is -0.497 e. The van der Waals surface area contributed by atoms with Crippen molar-refractivity contribution in [2.45, 2.75) is 6.92 Å². The first kappa shape index (κ1) is 19.1. The van der Waals surface area contributed by atoms with E-state index in [0.717, 1.165) is 5.75 Å². The SMILES string of the molecule is CCOc1ccc(OCC(=O)OCC(=O)Nc2ccc(OC)cc2)cc1. The van der Waals surface area contributed by atoms with Crippen molar-refractivity contribution in [1.29, 1.82) is 0 Å². The lowest BCUT2D eigenvalue weighted by Gasteiger charge is -2.09. The normalized spacial score (nSPS) is 9.92. The van der Waals surface area contributed by atoms with Crippen LogP contribution in [0.5, 0.6) is 17.2 Å². The maximum atomic E-state index is 11.8. The highest BCUT2D eigenvalue weighted by molar-refractivity contribution is 5.92. The maximum absolute atomic E-state index is 11.8. The second kappa shape index (κ2) is 9.93. The van der Waals surface area contributed by atoms with E-state index in [2.05, 4.69) is 5.32 Å². The molecule has 0 fully saturated rings.